The fraction of sp³-hybridized carbons (Fsp3) is 0.294. The standard InChI is InChI=1S/C17H17Cl2FN2/c18-14-4-3-5-15(19)13(14)12-21-8-10-22(11-9-21)17-7-2-1-6-16(17)20/h1-7H,8-12H2/p+1. The van der Waals surface area contributed by atoms with E-state index in [0.717, 1.165) is 48.3 Å². The van der Waals surface area contributed by atoms with Gasteiger partial charge in [-0.1, -0.05) is 41.4 Å². The molecular weight excluding hydrogens is 322 g/mol. The molecular formula is C17H18Cl2FN2+. The van der Waals surface area contributed by atoms with Gasteiger partial charge < -0.3 is 9.80 Å². The van der Waals surface area contributed by atoms with E-state index in [4.69, 9.17) is 23.2 Å². The molecule has 0 aliphatic carbocycles. The first-order valence-corrected chi connectivity index (χ1v) is 8.16. The van der Waals surface area contributed by atoms with E-state index >= 15 is 0 Å². The molecule has 116 valence electrons. The SMILES string of the molecule is Fc1ccccc1N1CC[NH+](Cc2c(Cl)cccc2Cl)CC1. The topological polar surface area (TPSA) is 7.68 Å². The van der Waals surface area contributed by atoms with Crippen molar-refractivity contribution in [2.45, 2.75) is 6.54 Å². The number of nitrogens with zero attached hydrogens (tertiary/aromatic N) is 1. The second kappa shape index (κ2) is 6.86. The zero-order valence-corrected chi connectivity index (χ0v) is 13.7. The summed E-state index contributed by atoms with van der Waals surface area (Å²) in [4.78, 5) is 3.52. The average Bonchev–Trinajstić information content (AvgIpc) is 2.52. The Bertz CT molecular complexity index is 635. The van der Waals surface area contributed by atoms with E-state index in [0.29, 0.717) is 5.69 Å². The van der Waals surface area contributed by atoms with Crippen LogP contribution in [-0.2, 0) is 6.54 Å². The lowest BCUT2D eigenvalue weighted by Gasteiger charge is -2.34. The molecule has 0 saturated carbocycles. The van der Waals surface area contributed by atoms with E-state index in [1.54, 1.807) is 6.07 Å². The van der Waals surface area contributed by atoms with Crippen molar-refractivity contribution in [2.75, 3.05) is 31.1 Å². The van der Waals surface area contributed by atoms with Crippen LogP contribution in [0.5, 0.6) is 0 Å². The van der Waals surface area contributed by atoms with Crippen LogP contribution < -0.4 is 9.80 Å². The van der Waals surface area contributed by atoms with E-state index in [1.807, 2.05) is 30.3 Å². The molecule has 0 radical (unpaired) electrons. The molecule has 1 aliphatic rings. The number of nitrogens with one attached hydrogen (secondary N) is 1. The first-order chi connectivity index (χ1) is 10.6. The molecule has 0 aromatic heterocycles. The lowest BCUT2D eigenvalue weighted by Crippen LogP contribution is -3.13. The fourth-order valence-corrected chi connectivity index (χ4v) is 3.43. The third-order valence-electron chi connectivity index (χ3n) is 4.15. The van der Waals surface area contributed by atoms with Gasteiger partial charge >= 0.3 is 0 Å². The second-order valence-corrected chi connectivity index (χ2v) is 6.38. The van der Waals surface area contributed by atoms with Gasteiger partial charge in [0.15, 0.2) is 0 Å². The zero-order chi connectivity index (χ0) is 15.5. The van der Waals surface area contributed by atoms with Gasteiger partial charge in [-0.15, -0.1) is 0 Å². The molecule has 22 heavy (non-hydrogen) atoms. The summed E-state index contributed by atoms with van der Waals surface area (Å²) in [7, 11) is 0. The Hall–Kier alpha value is -1.29. The Morgan fingerprint density at radius 2 is 1.59 bits per heavy atom. The summed E-state index contributed by atoms with van der Waals surface area (Å²) in [6, 6.07) is 12.6. The highest BCUT2D eigenvalue weighted by molar-refractivity contribution is 6.35. The average molecular weight is 340 g/mol. The molecule has 1 fully saturated rings. The molecule has 0 atom stereocenters. The van der Waals surface area contributed by atoms with E-state index < -0.39 is 0 Å². The highest BCUT2D eigenvalue weighted by atomic mass is 35.5. The zero-order valence-electron chi connectivity index (χ0n) is 12.2. The lowest BCUT2D eigenvalue weighted by atomic mass is 10.2. The molecule has 0 amide bonds. The number of hydrogen-bond donors (Lipinski definition) is 1. The molecule has 0 spiro atoms. The highest BCUT2D eigenvalue weighted by Crippen LogP contribution is 2.23. The van der Waals surface area contributed by atoms with Crippen molar-refractivity contribution in [3.8, 4) is 0 Å². The van der Waals surface area contributed by atoms with Crippen LogP contribution in [0.3, 0.4) is 0 Å². The van der Waals surface area contributed by atoms with Crippen molar-refractivity contribution in [2.24, 2.45) is 0 Å². The van der Waals surface area contributed by atoms with Crippen LogP contribution in [0.2, 0.25) is 10.0 Å². The number of rotatable bonds is 3. The van der Waals surface area contributed by atoms with Gasteiger partial charge in [-0.3, -0.25) is 0 Å². The molecule has 1 heterocycles. The summed E-state index contributed by atoms with van der Waals surface area (Å²) < 4.78 is 13.8. The van der Waals surface area contributed by atoms with Crippen molar-refractivity contribution in [3.63, 3.8) is 0 Å². The number of halogens is 3. The maximum absolute atomic E-state index is 13.8. The summed E-state index contributed by atoms with van der Waals surface area (Å²) in [5, 5.41) is 1.44. The lowest BCUT2D eigenvalue weighted by molar-refractivity contribution is -0.914. The van der Waals surface area contributed by atoms with E-state index in [-0.39, 0.29) is 5.82 Å². The third-order valence-corrected chi connectivity index (χ3v) is 4.86. The van der Waals surface area contributed by atoms with Crippen LogP contribution in [0, 0.1) is 5.82 Å². The van der Waals surface area contributed by atoms with E-state index in [2.05, 4.69) is 4.90 Å². The predicted molar refractivity (Wildman–Crippen MR) is 89.5 cm³/mol. The number of quaternary nitrogens is 1. The van der Waals surface area contributed by atoms with Gasteiger partial charge in [0.2, 0.25) is 0 Å². The van der Waals surface area contributed by atoms with Crippen LogP contribution in [0.1, 0.15) is 5.56 Å². The molecule has 1 saturated heterocycles. The molecule has 0 bridgehead atoms. The number of piperazine rings is 1. The summed E-state index contributed by atoms with van der Waals surface area (Å²) in [6.45, 7) is 4.35. The summed E-state index contributed by atoms with van der Waals surface area (Å²) >= 11 is 12.5. The van der Waals surface area contributed by atoms with Crippen molar-refractivity contribution in [3.05, 3.63) is 63.9 Å². The Morgan fingerprint density at radius 3 is 2.23 bits per heavy atom. The van der Waals surface area contributed by atoms with Gasteiger partial charge in [-0.25, -0.2) is 4.39 Å². The van der Waals surface area contributed by atoms with Crippen LogP contribution in [0.4, 0.5) is 10.1 Å². The smallest absolute Gasteiger partial charge is 0.146 e. The van der Waals surface area contributed by atoms with E-state index in [1.165, 1.54) is 11.0 Å². The van der Waals surface area contributed by atoms with Crippen LogP contribution >= 0.6 is 23.2 Å². The van der Waals surface area contributed by atoms with Crippen molar-refractivity contribution in [1.29, 1.82) is 0 Å². The largest absolute Gasteiger partial charge is 0.358 e. The first kappa shape index (κ1) is 15.6. The summed E-state index contributed by atoms with van der Waals surface area (Å²) in [5.41, 5.74) is 1.69. The predicted octanol–water partition coefficient (Wildman–Crippen LogP) is 3.04. The minimum absolute atomic E-state index is 0.153. The minimum atomic E-state index is -0.153. The number of hydrogen-bond acceptors (Lipinski definition) is 1. The van der Waals surface area contributed by atoms with Gasteiger partial charge in [0.05, 0.1) is 41.9 Å². The normalized spacial score (nSPS) is 16.0. The second-order valence-electron chi connectivity index (χ2n) is 5.57. The van der Waals surface area contributed by atoms with E-state index in [9.17, 15) is 4.39 Å². The van der Waals surface area contributed by atoms with Crippen LogP contribution in [-0.4, -0.2) is 26.2 Å². The molecule has 2 nitrogen and oxygen atoms in total. The molecule has 1 aliphatic heterocycles. The van der Waals surface area contributed by atoms with Crippen molar-refractivity contribution >= 4 is 28.9 Å². The maximum Gasteiger partial charge on any atom is 0.146 e. The minimum Gasteiger partial charge on any atom is -0.358 e. The van der Waals surface area contributed by atoms with Gasteiger partial charge in [0.25, 0.3) is 0 Å². The van der Waals surface area contributed by atoms with Gasteiger partial charge in [-0.05, 0) is 24.3 Å². The van der Waals surface area contributed by atoms with Crippen LogP contribution in [0.15, 0.2) is 42.5 Å². The molecule has 2 aromatic carbocycles. The number of benzene rings is 2. The quantitative estimate of drug-likeness (QED) is 0.903. The molecule has 3 rings (SSSR count). The van der Waals surface area contributed by atoms with Gasteiger partial charge in [0, 0.05) is 5.56 Å². The van der Waals surface area contributed by atoms with Crippen molar-refractivity contribution < 1.29 is 9.29 Å². The van der Waals surface area contributed by atoms with Gasteiger partial charge in [-0.2, -0.15) is 0 Å². The highest BCUT2D eigenvalue weighted by Gasteiger charge is 2.23. The van der Waals surface area contributed by atoms with Crippen molar-refractivity contribution in [1.82, 2.24) is 0 Å². The van der Waals surface area contributed by atoms with Crippen LogP contribution in [0.25, 0.3) is 0 Å². The Kier molecular flexibility index (Phi) is 4.87. The number of anilines is 1. The summed E-state index contributed by atoms with van der Waals surface area (Å²) in [5.74, 6) is -0.153. The fourth-order valence-electron chi connectivity index (χ4n) is 2.90. The summed E-state index contributed by atoms with van der Waals surface area (Å²) in [6.07, 6.45) is 0. The Balaban J connectivity index is 1.64. The molecule has 1 N–H and O–H groups in total. The monoisotopic (exact) mass is 339 g/mol. The Labute approximate surface area is 140 Å². The maximum atomic E-state index is 13.8. The molecule has 5 heteroatoms. The third kappa shape index (κ3) is 3.37. The number of para-hydroxylation sites is 1. The Morgan fingerprint density at radius 1 is 0.955 bits per heavy atom. The van der Waals surface area contributed by atoms with Gasteiger partial charge in [0.1, 0.15) is 12.4 Å². The molecule has 0 unspecified atom stereocenters. The molecule has 2 aromatic rings. The first-order valence-electron chi connectivity index (χ1n) is 7.41.